The van der Waals surface area contributed by atoms with Crippen LogP contribution in [0.2, 0.25) is 5.02 Å². The Hall–Kier alpha value is -0.810. The number of likely N-dealkylation sites (N-methyl/N-ethyl adjacent to an activating group) is 1. The van der Waals surface area contributed by atoms with E-state index in [0.29, 0.717) is 12.5 Å². The van der Waals surface area contributed by atoms with Crippen molar-refractivity contribution in [1.29, 1.82) is 0 Å². The number of piperazine rings is 1. The highest BCUT2D eigenvalue weighted by Gasteiger charge is 2.30. The van der Waals surface area contributed by atoms with Gasteiger partial charge in [-0.1, -0.05) is 18.5 Å². The Morgan fingerprint density at radius 2 is 1.95 bits per heavy atom. The second-order valence-electron chi connectivity index (χ2n) is 6.01. The first-order valence-corrected chi connectivity index (χ1v) is 8.17. The van der Waals surface area contributed by atoms with E-state index in [4.69, 9.17) is 22.1 Å². The largest absolute Gasteiger partial charge is 0.493 e. The van der Waals surface area contributed by atoms with Gasteiger partial charge in [-0.05, 0) is 24.7 Å². The van der Waals surface area contributed by atoms with Crippen molar-refractivity contribution in [2.75, 3.05) is 45.9 Å². The van der Waals surface area contributed by atoms with Crippen molar-refractivity contribution < 1.29 is 4.74 Å². The molecule has 1 aromatic carbocycles. The number of benzene rings is 1. The zero-order chi connectivity index (χ0) is 14.8. The van der Waals surface area contributed by atoms with E-state index in [9.17, 15) is 0 Å². The molecule has 4 nitrogen and oxygen atoms in total. The zero-order valence-corrected chi connectivity index (χ0v) is 13.4. The van der Waals surface area contributed by atoms with E-state index >= 15 is 0 Å². The third-order valence-electron chi connectivity index (χ3n) is 4.70. The number of rotatable bonds is 3. The molecule has 2 heterocycles. The fourth-order valence-electron chi connectivity index (χ4n) is 3.25. The van der Waals surface area contributed by atoms with Crippen LogP contribution in [0.25, 0.3) is 0 Å². The molecule has 2 unspecified atom stereocenters. The maximum atomic E-state index is 6.45. The Morgan fingerprint density at radius 1 is 1.24 bits per heavy atom. The number of nitrogens with two attached hydrogens (primary N) is 1. The quantitative estimate of drug-likeness (QED) is 0.927. The number of hydrogen-bond donors (Lipinski definition) is 1. The lowest BCUT2D eigenvalue weighted by molar-refractivity contribution is 0.0919. The van der Waals surface area contributed by atoms with E-state index in [1.54, 1.807) is 0 Å². The van der Waals surface area contributed by atoms with E-state index in [2.05, 4.69) is 16.7 Å². The van der Waals surface area contributed by atoms with Gasteiger partial charge in [-0.25, -0.2) is 0 Å². The lowest BCUT2D eigenvalue weighted by atomic mass is 9.91. The van der Waals surface area contributed by atoms with Gasteiger partial charge in [-0.15, -0.1) is 0 Å². The maximum Gasteiger partial charge on any atom is 0.124 e. The van der Waals surface area contributed by atoms with Crippen LogP contribution in [0.5, 0.6) is 5.75 Å². The third kappa shape index (κ3) is 3.34. The highest BCUT2D eigenvalue weighted by atomic mass is 35.5. The molecule has 2 aliphatic rings. The molecular weight excluding hydrogens is 286 g/mol. The van der Waals surface area contributed by atoms with Gasteiger partial charge in [0.25, 0.3) is 0 Å². The van der Waals surface area contributed by atoms with Gasteiger partial charge in [0.05, 0.1) is 6.61 Å². The van der Waals surface area contributed by atoms with Crippen molar-refractivity contribution in [3.8, 4) is 5.75 Å². The van der Waals surface area contributed by atoms with E-state index in [1.807, 2.05) is 18.2 Å². The van der Waals surface area contributed by atoms with Gasteiger partial charge in [-0.2, -0.15) is 0 Å². The predicted molar refractivity (Wildman–Crippen MR) is 85.9 cm³/mol. The fraction of sp³-hybridized carbons (Fsp3) is 0.625. The smallest absolute Gasteiger partial charge is 0.124 e. The molecule has 2 aliphatic heterocycles. The minimum atomic E-state index is 0.0108. The van der Waals surface area contributed by atoms with Crippen molar-refractivity contribution in [2.24, 2.45) is 11.7 Å². The van der Waals surface area contributed by atoms with Gasteiger partial charge in [0.15, 0.2) is 0 Å². The van der Waals surface area contributed by atoms with Crippen molar-refractivity contribution in [3.63, 3.8) is 0 Å². The van der Waals surface area contributed by atoms with Gasteiger partial charge in [0.2, 0.25) is 0 Å². The first-order valence-electron chi connectivity index (χ1n) is 7.80. The van der Waals surface area contributed by atoms with Crippen LogP contribution in [0.15, 0.2) is 18.2 Å². The molecule has 116 valence electrons. The Morgan fingerprint density at radius 3 is 2.67 bits per heavy atom. The van der Waals surface area contributed by atoms with Crippen molar-refractivity contribution in [3.05, 3.63) is 28.8 Å². The predicted octanol–water partition coefficient (Wildman–Crippen LogP) is 1.99. The topological polar surface area (TPSA) is 41.7 Å². The van der Waals surface area contributed by atoms with Crippen LogP contribution < -0.4 is 10.5 Å². The molecule has 0 radical (unpaired) electrons. The number of nitrogens with zero attached hydrogens (tertiary/aromatic N) is 2. The summed E-state index contributed by atoms with van der Waals surface area (Å²) in [6, 6.07) is 5.74. The molecule has 0 aromatic heterocycles. The summed E-state index contributed by atoms with van der Waals surface area (Å²) in [5.41, 5.74) is 7.50. The zero-order valence-electron chi connectivity index (χ0n) is 12.6. The van der Waals surface area contributed by atoms with Crippen molar-refractivity contribution in [2.45, 2.75) is 13.0 Å². The van der Waals surface area contributed by atoms with Gasteiger partial charge in [0.1, 0.15) is 5.75 Å². The monoisotopic (exact) mass is 309 g/mol. The minimum absolute atomic E-state index is 0.0108. The van der Waals surface area contributed by atoms with Gasteiger partial charge in [0, 0.05) is 55.3 Å². The molecule has 1 saturated heterocycles. The summed E-state index contributed by atoms with van der Waals surface area (Å²) >= 11 is 6.09. The molecule has 5 heteroatoms. The maximum absolute atomic E-state index is 6.45. The summed E-state index contributed by atoms with van der Waals surface area (Å²) in [5, 5.41) is 0.727. The van der Waals surface area contributed by atoms with Crippen LogP contribution in [0.1, 0.15) is 18.5 Å². The Kier molecular flexibility index (Phi) is 4.69. The molecule has 2 N–H and O–H groups in total. The Labute approximate surface area is 131 Å². The molecule has 0 amide bonds. The molecular formula is C16H24ClN3O. The first kappa shape index (κ1) is 15.1. The molecule has 0 saturated carbocycles. The number of hydrogen-bond acceptors (Lipinski definition) is 4. The highest BCUT2D eigenvalue weighted by Crippen LogP contribution is 2.35. The Bertz CT molecular complexity index is 488. The fourth-order valence-corrected chi connectivity index (χ4v) is 3.43. The molecule has 1 aromatic rings. The molecule has 3 rings (SSSR count). The van der Waals surface area contributed by atoms with Gasteiger partial charge < -0.3 is 20.3 Å². The summed E-state index contributed by atoms with van der Waals surface area (Å²) in [6.45, 7) is 9.63. The standard InChI is InChI=1S/C16H24ClN3O/c1-2-19-5-7-20(8-6-19)10-12-11-21-15-4-3-13(17)9-14(15)16(12)18/h3-4,9,12,16H,2,5-8,10-11,18H2,1H3. The summed E-state index contributed by atoms with van der Waals surface area (Å²) in [5.74, 6) is 1.23. The van der Waals surface area contributed by atoms with Crippen LogP contribution in [-0.2, 0) is 0 Å². The van der Waals surface area contributed by atoms with Crippen LogP contribution in [0.4, 0.5) is 0 Å². The average Bonchev–Trinajstić information content (AvgIpc) is 2.51. The minimum Gasteiger partial charge on any atom is -0.493 e. The van der Waals surface area contributed by atoms with Crippen LogP contribution in [-0.4, -0.2) is 55.7 Å². The van der Waals surface area contributed by atoms with E-state index in [0.717, 1.165) is 55.6 Å². The normalized spacial score (nSPS) is 27.2. The molecule has 0 bridgehead atoms. The van der Waals surface area contributed by atoms with E-state index < -0.39 is 0 Å². The van der Waals surface area contributed by atoms with Crippen LogP contribution in [0, 0.1) is 5.92 Å². The molecule has 0 aliphatic carbocycles. The number of ether oxygens (including phenoxy) is 1. The molecule has 1 fully saturated rings. The Balaban J connectivity index is 1.63. The third-order valence-corrected chi connectivity index (χ3v) is 4.93. The highest BCUT2D eigenvalue weighted by molar-refractivity contribution is 6.30. The lowest BCUT2D eigenvalue weighted by Gasteiger charge is -2.39. The summed E-state index contributed by atoms with van der Waals surface area (Å²) in [6.07, 6.45) is 0. The summed E-state index contributed by atoms with van der Waals surface area (Å²) in [4.78, 5) is 5.00. The number of fused-ring (bicyclic) bond motifs is 1. The van der Waals surface area contributed by atoms with Gasteiger partial charge in [-0.3, -0.25) is 0 Å². The van der Waals surface area contributed by atoms with E-state index in [1.165, 1.54) is 0 Å². The summed E-state index contributed by atoms with van der Waals surface area (Å²) < 4.78 is 5.87. The lowest BCUT2D eigenvalue weighted by Crippen LogP contribution is -2.49. The number of halogens is 1. The van der Waals surface area contributed by atoms with Crippen LogP contribution >= 0.6 is 11.6 Å². The first-order chi connectivity index (χ1) is 10.2. The second-order valence-corrected chi connectivity index (χ2v) is 6.45. The summed E-state index contributed by atoms with van der Waals surface area (Å²) in [7, 11) is 0. The molecule has 2 atom stereocenters. The van der Waals surface area contributed by atoms with Crippen molar-refractivity contribution >= 4 is 11.6 Å². The van der Waals surface area contributed by atoms with Crippen molar-refractivity contribution in [1.82, 2.24) is 9.80 Å². The molecule has 21 heavy (non-hydrogen) atoms. The second kappa shape index (κ2) is 6.53. The van der Waals surface area contributed by atoms with Crippen LogP contribution in [0.3, 0.4) is 0 Å². The molecule has 0 spiro atoms. The average molecular weight is 310 g/mol. The van der Waals surface area contributed by atoms with E-state index in [-0.39, 0.29) is 6.04 Å². The SMILES string of the molecule is CCN1CCN(CC2COc3ccc(Cl)cc3C2N)CC1. The van der Waals surface area contributed by atoms with Gasteiger partial charge >= 0.3 is 0 Å².